The maximum atomic E-state index is 6.39. The standard InChI is InChI=1S/C19H23NO/c1-13-6-8-17(12-19(13)21-2)18(20)11-14-7-9-15-4-3-5-16(15)10-14/h6-10,12,18H,3-5,11,20H2,1-2H3. The first kappa shape index (κ1) is 14.2. The fraction of sp³-hybridized carbons (Fsp3) is 0.368. The topological polar surface area (TPSA) is 35.2 Å². The fourth-order valence-electron chi connectivity index (χ4n) is 3.19. The van der Waals surface area contributed by atoms with Crippen molar-refractivity contribution in [2.45, 2.75) is 38.6 Å². The van der Waals surface area contributed by atoms with E-state index in [4.69, 9.17) is 10.5 Å². The first-order valence-electron chi connectivity index (χ1n) is 7.68. The Bertz CT molecular complexity index is 648. The van der Waals surface area contributed by atoms with Crippen LogP contribution < -0.4 is 10.5 Å². The number of nitrogens with two attached hydrogens (primary N) is 1. The molecule has 0 saturated carbocycles. The molecule has 110 valence electrons. The van der Waals surface area contributed by atoms with Gasteiger partial charge in [-0.05, 0) is 66.5 Å². The fourth-order valence-corrected chi connectivity index (χ4v) is 3.19. The molecule has 1 aliphatic rings. The molecule has 0 radical (unpaired) electrons. The highest BCUT2D eigenvalue weighted by atomic mass is 16.5. The van der Waals surface area contributed by atoms with E-state index in [0.29, 0.717) is 0 Å². The Morgan fingerprint density at radius 1 is 1.10 bits per heavy atom. The van der Waals surface area contributed by atoms with Gasteiger partial charge in [0.1, 0.15) is 5.75 Å². The van der Waals surface area contributed by atoms with E-state index in [1.165, 1.54) is 36.0 Å². The van der Waals surface area contributed by atoms with Crippen molar-refractivity contribution in [2.24, 2.45) is 5.73 Å². The zero-order valence-electron chi connectivity index (χ0n) is 12.9. The van der Waals surface area contributed by atoms with Crippen molar-refractivity contribution < 1.29 is 4.74 Å². The predicted molar refractivity (Wildman–Crippen MR) is 86.8 cm³/mol. The van der Waals surface area contributed by atoms with Crippen LogP contribution in [0.5, 0.6) is 5.75 Å². The molecule has 0 aliphatic heterocycles. The van der Waals surface area contributed by atoms with Crippen LogP contribution in [0.3, 0.4) is 0 Å². The van der Waals surface area contributed by atoms with Crippen molar-refractivity contribution in [1.29, 1.82) is 0 Å². The molecule has 21 heavy (non-hydrogen) atoms. The summed E-state index contributed by atoms with van der Waals surface area (Å²) in [5.74, 6) is 0.914. The quantitative estimate of drug-likeness (QED) is 0.926. The first-order chi connectivity index (χ1) is 10.2. The van der Waals surface area contributed by atoms with Crippen molar-refractivity contribution in [3.05, 3.63) is 64.2 Å². The van der Waals surface area contributed by atoms with Crippen LogP contribution in [0.4, 0.5) is 0 Å². The Morgan fingerprint density at radius 3 is 2.71 bits per heavy atom. The van der Waals surface area contributed by atoms with Crippen LogP contribution in [0.2, 0.25) is 0 Å². The van der Waals surface area contributed by atoms with Crippen molar-refractivity contribution in [3.63, 3.8) is 0 Å². The lowest BCUT2D eigenvalue weighted by molar-refractivity contribution is 0.410. The van der Waals surface area contributed by atoms with Crippen LogP contribution in [-0.2, 0) is 19.3 Å². The average Bonchev–Trinajstić information content (AvgIpc) is 2.95. The molecule has 0 amide bonds. The van der Waals surface area contributed by atoms with E-state index in [9.17, 15) is 0 Å². The van der Waals surface area contributed by atoms with E-state index in [1.807, 2.05) is 0 Å². The molecule has 2 nitrogen and oxygen atoms in total. The van der Waals surface area contributed by atoms with Gasteiger partial charge in [-0.15, -0.1) is 0 Å². The molecule has 1 aliphatic carbocycles. The summed E-state index contributed by atoms with van der Waals surface area (Å²) in [7, 11) is 1.71. The Morgan fingerprint density at radius 2 is 1.90 bits per heavy atom. The number of benzene rings is 2. The highest BCUT2D eigenvalue weighted by Crippen LogP contribution is 2.27. The van der Waals surface area contributed by atoms with Gasteiger partial charge in [0.15, 0.2) is 0 Å². The lowest BCUT2D eigenvalue weighted by Gasteiger charge is -2.15. The third-order valence-electron chi connectivity index (χ3n) is 4.48. The highest BCUT2D eigenvalue weighted by molar-refractivity contribution is 5.39. The van der Waals surface area contributed by atoms with E-state index in [0.717, 1.165) is 23.3 Å². The molecule has 0 saturated heterocycles. The molecule has 2 N–H and O–H groups in total. The predicted octanol–water partition coefficient (Wildman–Crippen LogP) is 3.73. The molecule has 1 unspecified atom stereocenters. The molecule has 2 aromatic rings. The summed E-state index contributed by atoms with van der Waals surface area (Å²) in [5.41, 5.74) is 13.0. The Labute approximate surface area is 126 Å². The van der Waals surface area contributed by atoms with Crippen molar-refractivity contribution >= 4 is 0 Å². The molecule has 0 aromatic heterocycles. The third kappa shape index (κ3) is 2.96. The molecule has 2 aromatic carbocycles. The smallest absolute Gasteiger partial charge is 0.122 e. The largest absolute Gasteiger partial charge is 0.496 e. The van der Waals surface area contributed by atoms with E-state index in [2.05, 4.69) is 43.3 Å². The first-order valence-corrected chi connectivity index (χ1v) is 7.68. The number of fused-ring (bicyclic) bond motifs is 1. The monoisotopic (exact) mass is 281 g/mol. The minimum atomic E-state index is 0.0129. The molecular formula is C19H23NO. The summed E-state index contributed by atoms with van der Waals surface area (Å²) < 4.78 is 5.39. The third-order valence-corrected chi connectivity index (χ3v) is 4.48. The summed E-state index contributed by atoms with van der Waals surface area (Å²) in [5, 5.41) is 0. The van der Waals surface area contributed by atoms with E-state index < -0.39 is 0 Å². The zero-order chi connectivity index (χ0) is 14.8. The van der Waals surface area contributed by atoms with E-state index >= 15 is 0 Å². The van der Waals surface area contributed by atoms with Gasteiger partial charge >= 0.3 is 0 Å². The van der Waals surface area contributed by atoms with Crippen LogP contribution in [0.1, 0.15) is 40.3 Å². The van der Waals surface area contributed by atoms with Gasteiger partial charge in [-0.1, -0.05) is 30.3 Å². The summed E-state index contributed by atoms with van der Waals surface area (Å²) in [6, 6.07) is 13.1. The number of hydrogen-bond acceptors (Lipinski definition) is 2. The molecule has 2 heteroatoms. The SMILES string of the molecule is COc1cc(C(N)Cc2ccc3c(c2)CCC3)ccc1C. The van der Waals surface area contributed by atoms with Crippen molar-refractivity contribution in [2.75, 3.05) is 7.11 Å². The van der Waals surface area contributed by atoms with Crippen LogP contribution in [0, 0.1) is 6.92 Å². The molecule has 3 rings (SSSR count). The Hall–Kier alpha value is -1.80. The Balaban J connectivity index is 1.78. The average molecular weight is 281 g/mol. The van der Waals surface area contributed by atoms with Gasteiger partial charge in [0, 0.05) is 6.04 Å². The van der Waals surface area contributed by atoms with E-state index in [-0.39, 0.29) is 6.04 Å². The van der Waals surface area contributed by atoms with Crippen LogP contribution in [-0.4, -0.2) is 7.11 Å². The van der Waals surface area contributed by atoms with Gasteiger partial charge in [-0.2, -0.15) is 0 Å². The lowest BCUT2D eigenvalue weighted by atomic mass is 9.96. The zero-order valence-corrected chi connectivity index (χ0v) is 12.9. The molecular weight excluding hydrogens is 258 g/mol. The molecule has 0 bridgehead atoms. The van der Waals surface area contributed by atoms with Crippen LogP contribution >= 0.6 is 0 Å². The second kappa shape index (κ2) is 5.90. The lowest BCUT2D eigenvalue weighted by Crippen LogP contribution is -2.13. The van der Waals surface area contributed by atoms with Gasteiger partial charge < -0.3 is 10.5 Å². The number of rotatable bonds is 4. The number of methoxy groups -OCH3 is 1. The summed E-state index contributed by atoms with van der Waals surface area (Å²) in [6.07, 6.45) is 4.62. The Kier molecular flexibility index (Phi) is 3.98. The van der Waals surface area contributed by atoms with Gasteiger partial charge in [-0.25, -0.2) is 0 Å². The van der Waals surface area contributed by atoms with Gasteiger partial charge in [0.25, 0.3) is 0 Å². The van der Waals surface area contributed by atoms with Crippen LogP contribution in [0.15, 0.2) is 36.4 Å². The van der Waals surface area contributed by atoms with Crippen molar-refractivity contribution in [1.82, 2.24) is 0 Å². The van der Waals surface area contributed by atoms with Gasteiger partial charge in [-0.3, -0.25) is 0 Å². The van der Waals surface area contributed by atoms with E-state index in [1.54, 1.807) is 7.11 Å². The van der Waals surface area contributed by atoms with Crippen LogP contribution in [0.25, 0.3) is 0 Å². The minimum Gasteiger partial charge on any atom is -0.496 e. The highest BCUT2D eigenvalue weighted by Gasteiger charge is 2.13. The number of aryl methyl sites for hydroxylation is 3. The van der Waals surface area contributed by atoms with Crippen molar-refractivity contribution in [3.8, 4) is 5.75 Å². The second-order valence-electron chi connectivity index (χ2n) is 6.00. The number of hydrogen-bond donors (Lipinski definition) is 1. The summed E-state index contributed by atoms with van der Waals surface area (Å²) >= 11 is 0. The molecule has 0 spiro atoms. The number of ether oxygens (including phenoxy) is 1. The molecule has 0 heterocycles. The molecule has 1 atom stereocenters. The summed E-state index contributed by atoms with van der Waals surface area (Å²) in [4.78, 5) is 0. The van der Waals surface area contributed by atoms with Gasteiger partial charge in [0.05, 0.1) is 7.11 Å². The maximum absolute atomic E-state index is 6.39. The molecule has 0 fully saturated rings. The normalized spacial score (nSPS) is 14.8. The second-order valence-corrected chi connectivity index (χ2v) is 6.00. The minimum absolute atomic E-state index is 0.0129. The maximum Gasteiger partial charge on any atom is 0.122 e. The van der Waals surface area contributed by atoms with Gasteiger partial charge in [0.2, 0.25) is 0 Å². The summed E-state index contributed by atoms with van der Waals surface area (Å²) in [6.45, 7) is 2.05.